The van der Waals surface area contributed by atoms with Gasteiger partial charge in [-0.2, -0.15) is 22.0 Å². The molecule has 0 aliphatic carbocycles. The van der Waals surface area contributed by atoms with Gasteiger partial charge in [-0.05, 0) is 73.6 Å². The minimum atomic E-state index is -4.66. The molecule has 2 aromatic heterocycles. The van der Waals surface area contributed by atoms with Gasteiger partial charge in [0.1, 0.15) is 28.3 Å². The predicted octanol–water partition coefficient (Wildman–Crippen LogP) is 7.34. The molecule has 42 heavy (non-hydrogen) atoms. The van der Waals surface area contributed by atoms with Crippen LogP contribution < -0.4 is 9.46 Å². The molecule has 0 aliphatic rings. The summed E-state index contributed by atoms with van der Waals surface area (Å²) in [6.45, 7) is 0.0828. The van der Waals surface area contributed by atoms with Crippen LogP contribution in [0.2, 0.25) is 0 Å². The molecule has 0 spiro atoms. The second-order valence-electron chi connectivity index (χ2n) is 9.09. The van der Waals surface area contributed by atoms with E-state index < -0.39 is 29.5 Å². The normalized spacial score (nSPS) is 12.6. The molecule has 3 aromatic carbocycles. The number of halogens is 5. The fourth-order valence-corrected chi connectivity index (χ4v) is 5.14. The molecule has 218 valence electrons. The van der Waals surface area contributed by atoms with Crippen molar-refractivity contribution >= 4 is 11.0 Å². The molecule has 0 saturated heterocycles. The lowest BCUT2D eigenvalue weighted by atomic mass is 9.98. The summed E-state index contributed by atoms with van der Waals surface area (Å²) < 4.78 is 92.7. The molecule has 0 aliphatic heterocycles. The van der Waals surface area contributed by atoms with Crippen molar-refractivity contribution in [3.05, 3.63) is 90.3 Å². The van der Waals surface area contributed by atoms with Crippen LogP contribution in [0.15, 0.2) is 82.2 Å². The van der Waals surface area contributed by atoms with Crippen LogP contribution in [-0.2, 0) is 17.2 Å². The quantitative estimate of drug-likeness (QED) is 0.188. The summed E-state index contributed by atoms with van der Waals surface area (Å²) in [6, 6.07) is 17.9. The van der Waals surface area contributed by atoms with Crippen molar-refractivity contribution in [3.8, 4) is 45.1 Å². The maximum atomic E-state index is 13.5. The predicted molar refractivity (Wildman–Crippen MR) is 147 cm³/mol. The summed E-state index contributed by atoms with van der Waals surface area (Å²) in [5.41, 5.74) is 1.88. The Morgan fingerprint density at radius 2 is 1.64 bits per heavy atom. The first-order chi connectivity index (χ1) is 19.9. The number of rotatable bonds is 8. The Kier molecular flexibility index (Phi) is 7.97. The highest BCUT2D eigenvalue weighted by atomic mass is 32.2. The molecule has 0 amide bonds. The van der Waals surface area contributed by atoms with Crippen LogP contribution in [0.5, 0.6) is 5.75 Å². The highest BCUT2D eigenvalue weighted by Crippen LogP contribution is 2.40. The number of oxazole rings is 1. The number of ether oxygens (including phenoxy) is 1. The zero-order valence-electron chi connectivity index (χ0n) is 22.4. The molecule has 5 aromatic rings. The summed E-state index contributed by atoms with van der Waals surface area (Å²) in [5.74, 6) is 0.585. The largest absolute Gasteiger partial charge is 0.440 e. The molecule has 0 fully saturated rings. The second-order valence-corrected chi connectivity index (χ2v) is 10.5. The van der Waals surface area contributed by atoms with E-state index in [1.807, 2.05) is 6.07 Å². The third kappa shape index (κ3) is 5.97. The first-order valence-corrected chi connectivity index (χ1v) is 13.6. The topological polar surface area (TPSA) is 82.2 Å². The Labute approximate surface area is 239 Å². The Balaban J connectivity index is 1.71. The van der Waals surface area contributed by atoms with Crippen LogP contribution in [0, 0.1) is 13.8 Å². The molecule has 0 bridgehead atoms. The molecular weight excluding hydrogens is 579 g/mol. The maximum Gasteiger partial charge on any atom is 0.434 e. The Bertz CT molecular complexity index is 1760. The molecule has 0 radical (unpaired) electrons. The number of aromatic nitrogens is 3. The van der Waals surface area contributed by atoms with E-state index >= 15 is 0 Å². The van der Waals surface area contributed by atoms with Crippen LogP contribution in [0.25, 0.3) is 39.4 Å². The lowest BCUT2D eigenvalue weighted by Crippen LogP contribution is -2.10. The van der Waals surface area contributed by atoms with E-state index in [2.05, 4.69) is 19.4 Å². The molecular formula is C29H23F5N4O3S. The SMILES string of the molecule is CNS(=O)c1cccc(-c2ccc(-n3cc(C(F)(F)F)nc3C)c(-c3nc(C)oc3-c3ccc(OC(F)F)cc3)c2)c1. The fraction of sp³-hybridized carbons (Fsp3) is 0.172. The van der Waals surface area contributed by atoms with Crippen LogP contribution in [0.1, 0.15) is 17.4 Å². The van der Waals surface area contributed by atoms with Crippen molar-refractivity contribution in [2.24, 2.45) is 0 Å². The number of nitrogens with one attached hydrogen (secondary N) is 1. The summed E-state index contributed by atoms with van der Waals surface area (Å²) in [4.78, 5) is 8.80. The van der Waals surface area contributed by atoms with Crippen molar-refractivity contribution in [2.45, 2.75) is 31.5 Å². The molecule has 1 N–H and O–H groups in total. The van der Waals surface area contributed by atoms with Gasteiger partial charge in [-0.15, -0.1) is 0 Å². The Morgan fingerprint density at radius 3 is 2.29 bits per heavy atom. The number of imidazole rings is 1. The second kappa shape index (κ2) is 11.5. The van der Waals surface area contributed by atoms with E-state index in [1.54, 1.807) is 50.4 Å². The van der Waals surface area contributed by atoms with Gasteiger partial charge < -0.3 is 13.7 Å². The fourth-order valence-electron chi connectivity index (χ4n) is 4.47. The average molecular weight is 603 g/mol. The zero-order chi connectivity index (χ0) is 30.2. The number of aryl methyl sites for hydroxylation is 2. The standard InChI is InChI=1S/C29H23F5N4O3S/c1-16-36-25(29(32,33)34)15-38(16)24-12-9-20(19-5-4-6-22(13-19)42(39)35-3)14-23(24)26-27(40-17(2)37-26)18-7-10-21(11-8-18)41-28(30)31/h4-15,28,35H,1-3H3. The molecule has 13 heteroatoms. The molecule has 2 heterocycles. The molecule has 1 unspecified atom stereocenters. The van der Waals surface area contributed by atoms with Crippen molar-refractivity contribution < 1.29 is 35.3 Å². The van der Waals surface area contributed by atoms with Gasteiger partial charge in [0.05, 0.1) is 10.6 Å². The zero-order valence-corrected chi connectivity index (χ0v) is 23.2. The van der Waals surface area contributed by atoms with Gasteiger partial charge in [-0.3, -0.25) is 0 Å². The van der Waals surface area contributed by atoms with Crippen molar-refractivity contribution in [2.75, 3.05) is 7.05 Å². The van der Waals surface area contributed by atoms with Crippen LogP contribution in [0.4, 0.5) is 22.0 Å². The van der Waals surface area contributed by atoms with Crippen molar-refractivity contribution in [3.63, 3.8) is 0 Å². The monoisotopic (exact) mass is 602 g/mol. The smallest absolute Gasteiger partial charge is 0.434 e. The van der Waals surface area contributed by atoms with E-state index in [0.717, 1.165) is 6.20 Å². The van der Waals surface area contributed by atoms with E-state index in [1.165, 1.54) is 35.8 Å². The van der Waals surface area contributed by atoms with Crippen LogP contribution in [-0.4, -0.2) is 32.4 Å². The molecule has 0 saturated carbocycles. The Morgan fingerprint density at radius 1 is 0.952 bits per heavy atom. The van der Waals surface area contributed by atoms with Crippen molar-refractivity contribution in [1.29, 1.82) is 0 Å². The van der Waals surface area contributed by atoms with E-state index in [0.29, 0.717) is 38.5 Å². The highest BCUT2D eigenvalue weighted by Gasteiger charge is 2.35. The average Bonchev–Trinajstić information content (AvgIpc) is 3.55. The van der Waals surface area contributed by atoms with Crippen molar-refractivity contribution in [1.82, 2.24) is 19.3 Å². The number of benzene rings is 3. The molecule has 7 nitrogen and oxygen atoms in total. The number of nitrogens with zero attached hydrogens (tertiary/aromatic N) is 3. The van der Waals surface area contributed by atoms with E-state index in [9.17, 15) is 26.2 Å². The van der Waals surface area contributed by atoms with E-state index in [4.69, 9.17) is 4.42 Å². The van der Waals surface area contributed by atoms with Crippen LogP contribution >= 0.6 is 0 Å². The highest BCUT2D eigenvalue weighted by molar-refractivity contribution is 7.83. The summed E-state index contributed by atoms with van der Waals surface area (Å²) >= 11 is 0. The Hall–Kier alpha value is -4.36. The first kappa shape index (κ1) is 29.1. The number of hydrogen-bond acceptors (Lipinski definition) is 5. The van der Waals surface area contributed by atoms with Gasteiger partial charge in [0.25, 0.3) is 0 Å². The molecule has 5 rings (SSSR count). The third-order valence-corrected chi connectivity index (χ3v) is 7.38. The van der Waals surface area contributed by atoms with E-state index in [-0.39, 0.29) is 23.2 Å². The number of alkyl halides is 5. The third-order valence-electron chi connectivity index (χ3n) is 6.33. The lowest BCUT2D eigenvalue weighted by Gasteiger charge is -2.14. The summed E-state index contributed by atoms with van der Waals surface area (Å²) in [5, 5.41) is 0. The summed E-state index contributed by atoms with van der Waals surface area (Å²) in [6.07, 6.45) is -3.75. The van der Waals surface area contributed by atoms with Gasteiger partial charge in [0.15, 0.2) is 17.3 Å². The van der Waals surface area contributed by atoms with Gasteiger partial charge in [-0.1, -0.05) is 18.2 Å². The maximum absolute atomic E-state index is 13.5. The minimum absolute atomic E-state index is 0.0539. The summed E-state index contributed by atoms with van der Waals surface area (Å²) in [7, 11) is 0.125. The van der Waals surface area contributed by atoms with Gasteiger partial charge >= 0.3 is 12.8 Å². The van der Waals surface area contributed by atoms with Gasteiger partial charge in [-0.25, -0.2) is 18.9 Å². The van der Waals surface area contributed by atoms with Crippen LogP contribution in [0.3, 0.4) is 0 Å². The lowest BCUT2D eigenvalue weighted by molar-refractivity contribution is -0.141. The van der Waals surface area contributed by atoms with Gasteiger partial charge in [0, 0.05) is 24.2 Å². The van der Waals surface area contributed by atoms with Gasteiger partial charge in [0.2, 0.25) is 0 Å². The number of hydrogen-bond donors (Lipinski definition) is 1. The first-order valence-electron chi connectivity index (χ1n) is 12.4. The molecule has 1 atom stereocenters. The minimum Gasteiger partial charge on any atom is -0.440 e.